The highest BCUT2D eigenvalue weighted by Gasteiger charge is 2.31. The average Bonchev–Trinajstić information content (AvgIpc) is 2.86. The topological polar surface area (TPSA) is 44.2 Å². The lowest BCUT2D eigenvalue weighted by Crippen LogP contribution is -2.05. The van der Waals surface area contributed by atoms with Gasteiger partial charge in [0.15, 0.2) is 5.75 Å². The lowest BCUT2D eigenvalue weighted by Gasteiger charge is -2.11. The van der Waals surface area contributed by atoms with Crippen LogP contribution in [0.2, 0.25) is 0 Å². The van der Waals surface area contributed by atoms with E-state index in [4.69, 9.17) is 9.47 Å². The molecule has 1 heterocycles. The number of aromatic nitrogens is 2. The maximum atomic E-state index is 14.1. The highest BCUT2D eigenvalue weighted by atomic mass is 19.4. The molecule has 0 atom stereocenters. The molecule has 1 aromatic heterocycles. The maximum Gasteiger partial charge on any atom is 0.416 e. The van der Waals surface area contributed by atoms with Crippen LogP contribution in [0.1, 0.15) is 27.9 Å². The smallest absolute Gasteiger partial charge is 0.416 e. The van der Waals surface area contributed by atoms with E-state index in [0.717, 1.165) is 23.3 Å². The second kappa shape index (κ2) is 10.7. The predicted octanol–water partition coefficient (Wildman–Crippen LogP) is 6.19. The van der Waals surface area contributed by atoms with E-state index >= 15 is 0 Å². The third-order valence-corrected chi connectivity index (χ3v) is 4.80. The van der Waals surface area contributed by atoms with E-state index in [1.165, 1.54) is 6.07 Å². The Balaban J connectivity index is 1.57. The van der Waals surface area contributed by atoms with Crippen molar-refractivity contribution in [3.8, 4) is 23.5 Å². The van der Waals surface area contributed by atoms with Crippen LogP contribution < -0.4 is 9.47 Å². The number of rotatable bonds is 6. The van der Waals surface area contributed by atoms with E-state index in [1.54, 1.807) is 0 Å². The molecule has 0 bridgehead atoms. The molecule has 0 N–H and O–H groups in total. The summed E-state index contributed by atoms with van der Waals surface area (Å²) in [6.07, 6.45) is -4.64. The zero-order chi connectivity index (χ0) is 24.7. The molecule has 0 spiro atoms. The average molecular weight is 478 g/mol. The minimum Gasteiger partial charge on any atom is -0.483 e. The molecule has 4 nitrogen and oxygen atoms in total. The number of halogens is 4. The molecule has 3 aromatic carbocycles. The fourth-order valence-corrected chi connectivity index (χ4v) is 3.01. The molecule has 0 aliphatic heterocycles. The maximum absolute atomic E-state index is 14.1. The van der Waals surface area contributed by atoms with Gasteiger partial charge in [-0.05, 0) is 35.2 Å². The highest BCUT2D eigenvalue weighted by molar-refractivity contribution is 5.45. The number of nitrogens with zero attached hydrogens (tertiary/aromatic N) is 2. The minimum atomic E-state index is -4.64. The van der Waals surface area contributed by atoms with Crippen molar-refractivity contribution in [1.82, 2.24) is 10.2 Å². The number of benzene rings is 3. The largest absolute Gasteiger partial charge is 0.483 e. The molecule has 0 unspecified atom stereocenters. The lowest BCUT2D eigenvalue weighted by atomic mass is 10.1. The molecule has 0 fully saturated rings. The summed E-state index contributed by atoms with van der Waals surface area (Å²) in [5.41, 5.74) is 0.690. The first kappa shape index (κ1) is 23.8. The summed E-state index contributed by atoms with van der Waals surface area (Å²) in [6, 6.07) is 22.5. The van der Waals surface area contributed by atoms with Gasteiger partial charge in [-0.3, -0.25) is 0 Å². The van der Waals surface area contributed by atoms with Crippen LogP contribution >= 0.6 is 0 Å². The van der Waals surface area contributed by atoms with Gasteiger partial charge >= 0.3 is 6.18 Å². The third kappa shape index (κ3) is 6.58. The molecule has 0 saturated heterocycles. The first-order valence-electron chi connectivity index (χ1n) is 10.5. The fourth-order valence-electron chi connectivity index (χ4n) is 3.01. The van der Waals surface area contributed by atoms with Crippen molar-refractivity contribution in [2.75, 3.05) is 0 Å². The minimum absolute atomic E-state index is 0.138. The van der Waals surface area contributed by atoms with Crippen molar-refractivity contribution in [2.24, 2.45) is 0 Å². The highest BCUT2D eigenvalue weighted by Crippen LogP contribution is 2.30. The molecule has 8 heteroatoms. The molecular formula is C27H18F4N2O2. The number of hydrogen-bond donors (Lipinski definition) is 0. The molecule has 0 saturated carbocycles. The summed E-state index contributed by atoms with van der Waals surface area (Å²) in [5, 5.41) is 8.02. The summed E-state index contributed by atoms with van der Waals surface area (Å²) >= 11 is 0. The Morgan fingerprint density at radius 1 is 0.714 bits per heavy atom. The van der Waals surface area contributed by atoms with Crippen LogP contribution in [-0.2, 0) is 19.4 Å². The monoisotopic (exact) mass is 478 g/mol. The second-order valence-electron chi connectivity index (χ2n) is 7.39. The van der Waals surface area contributed by atoms with Gasteiger partial charge in [0.2, 0.25) is 0 Å². The first-order valence-corrected chi connectivity index (χ1v) is 10.5. The lowest BCUT2D eigenvalue weighted by molar-refractivity contribution is -0.137. The van der Waals surface area contributed by atoms with Gasteiger partial charge in [-0.15, -0.1) is 10.2 Å². The quantitative estimate of drug-likeness (QED) is 0.245. The van der Waals surface area contributed by atoms with Crippen LogP contribution in [0.25, 0.3) is 0 Å². The first-order chi connectivity index (χ1) is 16.9. The van der Waals surface area contributed by atoms with Crippen LogP contribution in [0, 0.1) is 17.7 Å². The van der Waals surface area contributed by atoms with Gasteiger partial charge in [-0.25, -0.2) is 4.39 Å². The van der Waals surface area contributed by atoms with E-state index in [-0.39, 0.29) is 36.1 Å². The van der Waals surface area contributed by atoms with E-state index in [1.807, 2.05) is 60.7 Å². The van der Waals surface area contributed by atoms with Gasteiger partial charge in [0.1, 0.15) is 24.7 Å². The van der Waals surface area contributed by atoms with Crippen LogP contribution in [0.3, 0.4) is 0 Å². The second-order valence-corrected chi connectivity index (χ2v) is 7.39. The van der Waals surface area contributed by atoms with Gasteiger partial charge in [0.05, 0.1) is 11.1 Å². The van der Waals surface area contributed by atoms with Gasteiger partial charge in [-0.2, -0.15) is 13.2 Å². The molecule has 4 aromatic rings. The van der Waals surface area contributed by atoms with Gasteiger partial charge in [-0.1, -0.05) is 66.6 Å². The standard InChI is InChI=1S/C27H18F4N2O2/c28-24-15-22(27(29,30)31)13-11-21(24)12-14-23-16-25(34-17-19-7-3-1-4-8-19)26(33-32-23)35-18-20-9-5-2-6-10-20/h1-11,13,15-16H,17-18H2. The van der Waals surface area contributed by atoms with E-state index in [0.29, 0.717) is 6.07 Å². The molecular weight excluding hydrogens is 460 g/mol. The number of ether oxygens (including phenoxy) is 2. The zero-order valence-electron chi connectivity index (χ0n) is 18.2. The molecule has 176 valence electrons. The summed E-state index contributed by atoms with van der Waals surface area (Å²) in [6.45, 7) is 0.466. The van der Waals surface area contributed by atoms with E-state index in [9.17, 15) is 17.6 Å². The van der Waals surface area contributed by atoms with Crippen molar-refractivity contribution in [3.05, 3.63) is 119 Å². The predicted molar refractivity (Wildman–Crippen MR) is 121 cm³/mol. The SMILES string of the molecule is Fc1cc(C(F)(F)F)ccc1C#Cc1cc(OCc2ccccc2)c(OCc2ccccc2)nn1. The Kier molecular flexibility index (Phi) is 7.27. The zero-order valence-corrected chi connectivity index (χ0v) is 18.2. The Morgan fingerprint density at radius 3 is 1.94 bits per heavy atom. The molecule has 0 aliphatic rings. The van der Waals surface area contributed by atoms with Crippen LogP contribution in [0.5, 0.6) is 11.6 Å². The molecule has 35 heavy (non-hydrogen) atoms. The van der Waals surface area contributed by atoms with Gasteiger partial charge in [0.25, 0.3) is 5.88 Å². The Bertz CT molecular complexity index is 1350. The van der Waals surface area contributed by atoms with Crippen LogP contribution in [0.15, 0.2) is 84.9 Å². The van der Waals surface area contributed by atoms with E-state index in [2.05, 4.69) is 22.0 Å². The van der Waals surface area contributed by atoms with Crippen molar-refractivity contribution in [2.45, 2.75) is 19.4 Å². The van der Waals surface area contributed by atoms with Gasteiger partial charge in [0, 0.05) is 6.07 Å². The van der Waals surface area contributed by atoms with Gasteiger partial charge < -0.3 is 9.47 Å². The van der Waals surface area contributed by atoms with Crippen molar-refractivity contribution >= 4 is 0 Å². The Morgan fingerprint density at radius 2 is 1.34 bits per heavy atom. The molecule has 0 amide bonds. The third-order valence-electron chi connectivity index (χ3n) is 4.80. The van der Waals surface area contributed by atoms with Crippen LogP contribution in [-0.4, -0.2) is 10.2 Å². The van der Waals surface area contributed by atoms with Crippen molar-refractivity contribution < 1.29 is 27.0 Å². The Labute approximate surface area is 199 Å². The summed E-state index contributed by atoms with van der Waals surface area (Å²) in [4.78, 5) is 0. The summed E-state index contributed by atoms with van der Waals surface area (Å²) < 4.78 is 64.0. The van der Waals surface area contributed by atoms with Crippen molar-refractivity contribution in [1.29, 1.82) is 0 Å². The normalized spacial score (nSPS) is 10.9. The molecule has 0 aliphatic carbocycles. The number of alkyl halides is 3. The Hall–Kier alpha value is -4.38. The molecule has 0 radical (unpaired) electrons. The van der Waals surface area contributed by atoms with Crippen LogP contribution in [0.4, 0.5) is 17.6 Å². The molecule has 4 rings (SSSR count). The van der Waals surface area contributed by atoms with E-state index < -0.39 is 17.6 Å². The fraction of sp³-hybridized carbons (Fsp3) is 0.111. The summed E-state index contributed by atoms with van der Waals surface area (Å²) in [7, 11) is 0. The summed E-state index contributed by atoms with van der Waals surface area (Å²) in [5.74, 6) is 4.46. The number of hydrogen-bond acceptors (Lipinski definition) is 4. The van der Waals surface area contributed by atoms with Crippen molar-refractivity contribution in [3.63, 3.8) is 0 Å².